The summed E-state index contributed by atoms with van der Waals surface area (Å²) in [6.07, 6.45) is 7.68. The van der Waals surface area contributed by atoms with Gasteiger partial charge >= 0.3 is 59.8 Å². The number of urea groups is 2. The van der Waals surface area contributed by atoms with Crippen LogP contribution in [-0.2, 0) is 81.1 Å². The Morgan fingerprint density at radius 1 is 0.393 bits per heavy atom. The standard InChI is InChI=1S/C32H51N3O12.C23H39N3O12.4H2S/c1-5-18-44-28(38)16-15-26(31(41)46-20-7-3)35-32(42)34-25(30(40)45-19-6-2)13-10-11-17-33-27(37)14-9-8-12-21-43-22-23-47-29(39)24(4)36;1-15(27)22(35)38-14-13-37-12-6-2-3-8-18(28)24-11-5-4-7-16(20(31)32)25-23(36)26-17(21(33)34)9-10-19(29)30;;;;/h5-7,24-26,36H,1-3,8-23H2,4H3,(H,33,37)(H2,34,35,42);15-17,27H,2-14H2,1H3,(H,24,28)(H,29,30)(H,31,32)(H,33,34)(H2,25,26,36);4*1H2/t24?,25-,26-;15?,16-,17-;;;;/m00..../s1. The van der Waals surface area contributed by atoms with Gasteiger partial charge in [-0.3, -0.25) is 19.2 Å². The van der Waals surface area contributed by atoms with E-state index in [1.807, 2.05) is 0 Å². The number of hydrogen-bond donors (Lipinski definition) is 11. The second kappa shape index (κ2) is 61.9. The second-order valence-corrected chi connectivity index (χ2v) is 18.6. The van der Waals surface area contributed by atoms with Crippen LogP contribution in [0.5, 0.6) is 0 Å². The molecule has 6 amide bonds. The molecule has 0 saturated heterocycles. The molecular weight excluding hydrogens is 1260 g/mol. The number of aliphatic hydroxyl groups is 2. The van der Waals surface area contributed by atoms with Crippen molar-refractivity contribution < 1.29 is 116 Å². The number of amides is 6. The molecule has 6 atom stereocenters. The molecule has 0 aromatic rings. The van der Waals surface area contributed by atoms with E-state index in [0.29, 0.717) is 77.7 Å². The van der Waals surface area contributed by atoms with Gasteiger partial charge in [-0.15, -0.1) is 0 Å². The Morgan fingerprint density at radius 2 is 0.753 bits per heavy atom. The predicted octanol–water partition coefficient (Wildman–Crippen LogP) is 2.07. The lowest BCUT2D eigenvalue weighted by atomic mass is 10.1. The topological polar surface area (TPSA) is 443 Å². The minimum atomic E-state index is -1.48. The number of nitrogens with one attached hydrogen (secondary N) is 6. The zero-order valence-corrected chi connectivity index (χ0v) is 54.8. The average molecular weight is 1360 g/mol. The van der Waals surface area contributed by atoms with Crippen LogP contribution < -0.4 is 31.9 Å². The van der Waals surface area contributed by atoms with Crippen LogP contribution in [0.1, 0.15) is 129 Å². The van der Waals surface area contributed by atoms with Gasteiger partial charge in [-0.05, 0) is 90.9 Å². The number of carbonyl (C=O) groups is 12. The molecule has 0 heterocycles. The number of ether oxygens (including phenoxy) is 7. The first-order valence-corrected chi connectivity index (χ1v) is 28.0. The molecule has 0 spiro atoms. The van der Waals surface area contributed by atoms with E-state index in [1.54, 1.807) is 0 Å². The van der Waals surface area contributed by atoms with Crippen molar-refractivity contribution in [3.63, 3.8) is 0 Å². The van der Waals surface area contributed by atoms with Gasteiger partial charge in [-0.2, -0.15) is 54.0 Å². The Morgan fingerprint density at radius 3 is 1.13 bits per heavy atom. The lowest BCUT2D eigenvalue weighted by molar-refractivity contribution is -0.154. The van der Waals surface area contributed by atoms with Crippen LogP contribution in [0, 0.1) is 0 Å². The fourth-order valence-corrected chi connectivity index (χ4v) is 6.73. The minimum absolute atomic E-state index is 0. The molecule has 0 aliphatic rings. The van der Waals surface area contributed by atoms with Gasteiger partial charge in [0.05, 0.1) is 13.2 Å². The lowest BCUT2D eigenvalue weighted by Crippen LogP contribution is -2.52. The zero-order valence-electron chi connectivity index (χ0n) is 50.8. The molecule has 34 heteroatoms. The number of aliphatic hydroxyl groups excluding tert-OH is 2. The summed E-state index contributed by atoms with van der Waals surface area (Å²) in [4.78, 5) is 141. The molecule has 0 aromatic carbocycles. The van der Waals surface area contributed by atoms with Gasteiger partial charge in [0.2, 0.25) is 11.8 Å². The summed E-state index contributed by atoms with van der Waals surface area (Å²) in [5, 5.41) is 59.7. The van der Waals surface area contributed by atoms with Gasteiger partial charge in [0.25, 0.3) is 0 Å². The van der Waals surface area contributed by atoms with Crippen LogP contribution in [0.15, 0.2) is 38.0 Å². The quantitative estimate of drug-likeness (QED) is 0.0180. The number of rotatable bonds is 50. The number of aliphatic carboxylic acids is 3. The Hall–Kier alpha value is -6.30. The van der Waals surface area contributed by atoms with Crippen molar-refractivity contribution in [2.45, 2.75) is 166 Å². The van der Waals surface area contributed by atoms with Crippen molar-refractivity contribution in [3.8, 4) is 0 Å². The number of hydrogen-bond acceptors (Lipinski definition) is 21. The number of carboxylic acid groups (broad SMARTS) is 3. The summed E-state index contributed by atoms with van der Waals surface area (Å²) < 4.78 is 35.2. The first kappa shape index (κ1) is 93.8. The molecule has 0 fully saturated rings. The number of esters is 5. The molecule has 0 aliphatic carbocycles. The highest BCUT2D eigenvalue weighted by molar-refractivity contribution is 7.59. The molecule has 30 nitrogen and oxygen atoms in total. The van der Waals surface area contributed by atoms with E-state index < -0.39 is 103 Å². The van der Waals surface area contributed by atoms with E-state index >= 15 is 0 Å². The van der Waals surface area contributed by atoms with E-state index in [9.17, 15) is 62.6 Å². The number of unbranched alkanes of at least 4 members (excludes halogenated alkanes) is 6. The monoisotopic (exact) mass is 1350 g/mol. The molecular formula is C55H98N6O24S4. The molecule has 11 N–H and O–H groups in total. The molecule has 0 bridgehead atoms. The van der Waals surface area contributed by atoms with E-state index in [0.717, 1.165) is 25.7 Å². The maximum absolute atomic E-state index is 12.8. The van der Waals surface area contributed by atoms with Crippen molar-refractivity contribution >= 4 is 126 Å². The zero-order chi connectivity index (χ0) is 64.2. The van der Waals surface area contributed by atoms with Crippen LogP contribution in [-0.4, -0.2) is 206 Å². The number of carboxylic acids is 3. The van der Waals surface area contributed by atoms with Crippen molar-refractivity contribution in [1.29, 1.82) is 0 Å². The first-order valence-electron chi connectivity index (χ1n) is 28.0. The molecule has 0 radical (unpaired) electrons. The van der Waals surface area contributed by atoms with E-state index in [2.05, 4.69) is 51.6 Å². The van der Waals surface area contributed by atoms with E-state index in [-0.39, 0.29) is 144 Å². The Kier molecular flexibility index (Phi) is 65.3. The number of carbonyl (C=O) groups excluding carboxylic acids is 9. The minimum Gasteiger partial charge on any atom is -0.481 e. The van der Waals surface area contributed by atoms with Gasteiger partial charge in [-0.1, -0.05) is 50.8 Å². The summed E-state index contributed by atoms with van der Waals surface area (Å²) in [6, 6.07) is -6.90. The molecule has 2 unspecified atom stereocenters. The highest BCUT2D eigenvalue weighted by Crippen LogP contribution is 2.09. The van der Waals surface area contributed by atoms with Crippen LogP contribution in [0.25, 0.3) is 0 Å². The molecule has 0 aromatic heterocycles. The molecule has 0 aliphatic heterocycles. The second-order valence-electron chi connectivity index (χ2n) is 18.6. The Bertz CT molecular complexity index is 2080. The van der Waals surface area contributed by atoms with Gasteiger partial charge in [0.1, 0.15) is 69.4 Å². The first-order chi connectivity index (χ1) is 40.5. The lowest BCUT2D eigenvalue weighted by Gasteiger charge is -2.21. The van der Waals surface area contributed by atoms with Crippen molar-refractivity contribution in [3.05, 3.63) is 38.0 Å². The van der Waals surface area contributed by atoms with Gasteiger partial charge in [0, 0.05) is 52.0 Å². The Labute approximate surface area is 547 Å². The van der Waals surface area contributed by atoms with Crippen LogP contribution >= 0.6 is 54.0 Å². The predicted molar refractivity (Wildman–Crippen MR) is 342 cm³/mol. The Balaban J connectivity index is -0.000000378. The van der Waals surface area contributed by atoms with Crippen LogP contribution in [0.4, 0.5) is 9.59 Å². The smallest absolute Gasteiger partial charge is 0.334 e. The normalized spacial score (nSPS) is 12.0. The fraction of sp³-hybridized carbons (Fsp3) is 0.673. The van der Waals surface area contributed by atoms with Gasteiger partial charge in [0.15, 0.2) is 0 Å². The van der Waals surface area contributed by atoms with E-state index in [1.165, 1.54) is 32.1 Å². The van der Waals surface area contributed by atoms with Crippen LogP contribution in [0.3, 0.4) is 0 Å². The average Bonchev–Trinajstić information content (AvgIpc) is 3.64. The maximum atomic E-state index is 12.8. The summed E-state index contributed by atoms with van der Waals surface area (Å²) >= 11 is 0. The third kappa shape index (κ3) is 56.7. The van der Waals surface area contributed by atoms with Gasteiger partial charge in [-0.25, -0.2) is 38.4 Å². The molecule has 0 rings (SSSR count). The molecule has 0 saturated carbocycles. The summed E-state index contributed by atoms with van der Waals surface area (Å²) in [7, 11) is 0. The largest absolute Gasteiger partial charge is 0.481 e. The third-order valence-corrected chi connectivity index (χ3v) is 11.2. The fourth-order valence-electron chi connectivity index (χ4n) is 6.73. The van der Waals surface area contributed by atoms with Crippen molar-refractivity contribution in [1.82, 2.24) is 31.9 Å². The van der Waals surface area contributed by atoms with Crippen molar-refractivity contribution in [2.75, 3.05) is 72.6 Å². The SMILES string of the molecule is C=CCOC(=O)CC[C@H](NC(=O)N[C@@H](CCCCNC(=O)CCCCCOCCOC(=O)C(C)O)C(=O)OCC=C)C(=O)OCC=C.CC(O)C(=O)OCCOCCCCCC(=O)NCCCC[C@H](NC(=O)N[C@@H](CCC(=O)O)C(=O)O)C(=O)O.S.S.S.S. The molecule has 516 valence electrons. The maximum Gasteiger partial charge on any atom is 0.334 e. The van der Waals surface area contributed by atoms with E-state index in [4.69, 9.17) is 53.6 Å². The highest BCUT2D eigenvalue weighted by atomic mass is 32.1. The molecule has 89 heavy (non-hydrogen) atoms. The summed E-state index contributed by atoms with van der Waals surface area (Å²) in [5.41, 5.74) is 0. The van der Waals surface area contributed by atoms with Crippen molar-refractivity contribution in [2.24, 2.45) is 0 Å². The summed E-state index contributed by atoms with van der Waals surface area (Å²) in [6.45, 7) is 15.1. The van der Waals surface area contributed by atoms with Crippen LogP contribution in [0.2, 0.25) is 0 Å². The highest BCUT2D eigenvalue weighted by Gasteiger charge is 2.28. The third-order valence-electron chi connectivity index (χ3n) is 11.2. The summed E-state index contributed by atoms with van der Waals surface area (Å²) in [5.74, 6) is -7.73. The van der Waals surface area contributed by atoms with Gasteiger partial charge < -0.3 is 90.6 Å².